The molecule has 0 aromatic heterocycles. The van der Waals surface area contributed by atoms with Crippen LogP contribution in [0, 0.1) is 0 Å². The van der Waals surface area contributed by atoms with Crippen LogP contribution in [-0.4, -0.2) is 34.5 Å². The molecule has 0 saturated heterocycles. The standard InChI is InChI=1S/C23H23ClN2O4S/c1-30-22-13-12-19(24)16-21(22)26(31(28,29)20-10-6-3-7-11-20)17-23(27)25-15-14-18-8-4-2-5-9-18/h2-13,16H,14-15,17H2,1H3,(H,25,27). The topological polar surface area (TPSA) is 75.7 Å². The monoisotopic (exact) mass is 458 g/mol. The predicted octanol–water partition coefficient (Wildman–Crippen LogP) is 3.90. The summed E-state index contributed by atoms with van der Waals surface area (Å²) in [5.74, 6) is -0.140. The second-order valence-corrected chi connectivity index (χ2v) is 9.03. The van der Waals surface area contributed by atoms with Gasteiger partial charge in [0.15, 0.2) is 0 Å². The molecule has 0 aliphatic carbocycles. The third kappa shape index (κ3) is 5.77. The van der Waals surface area contributed by atoms with E-state index in [1.54, 1.807) is 30.3 Å². The van der Waals surface area contributed by atoms with Crippen molar-refractivity contribution in [3.8, 4) is 5.75 Å². The number of carbonyl (C=O) groups excluding carboxylic acids is 1. The summed E-state index contributed by atoms with van der Waals surface area (Å²) in [4.78, 5) is 12.8. The average molecular weight is 459 g/mol. The number of amides is 1. The Balaban J connectivity index is 1.86. The summed E-state index contributed by atoms with van der Waals surface area (Å²) < 4.78 is 33.1. The Hall–Kier alpha value is -3.03. The summed E-state index contributed by atoms with van der Waals surface area (Å²) in [6.07, 6.45) is 0.637. The lowest BCUT2D eigenvalue weighted by Crippen LogP contribution is -2.41. The highest BCUT2D eigenvalue weighted by Crippen LogP contribution is 2.34. The Bertz CT molecular complexity index is 1120. The molecule has 0 fully saturated rings. The fraction of sp³-hybridized carbons (Fsp3) is 0.174. The highest BCUT2D eigenvalue weighted by Gasteiger charge is 2.29. The van der Waals surface area contributed by atoms with Gasteiger partial charge in [0, 0.05) is 11.6 Å². The van der Waals surface area contributed by atoms with Crippen LogP contribution in [0.5, 0.6) is 5.75 Å². The van der Waals surface area contributed by atoms with Gasteiger partial charge in [0.2, 0.25) is 5.91 Å². The number of benzene rings is 3. The van der Waals surface area contributed by atoms with E-state index in [2.05, 4.69) is 5.32 Å². The molecule has 0 bridgehead atoms. The number of anilines is 1. The fourth-order valence-corrected chi connectivity index (χ4v) is 4.67. The average Bonchev–Trinajstić information content (AvgIpc) is 2.78. The lowest BCUT2D eigenvalue weighted by Gasteiger charge is -2.26. The number of halogens is 1. The minimum atomic E-state index is -4.04. The Kier molecular flexibility index (Phi) is 7.55. The zero-order valence-corrected chi connectivity index (χ0v) is 18.6. The van der Waals surface area contributed by atoms with Gasteiger partial charge >= 0.3 is 0 Å². The van der Waals surface area contributed by atoms with E-state index < -0.39 is 22.5 Å². The van der Waals surface area contributed by atoms with E-state index in [9.17, 15) is 13.2 Å². The highest BCUT2D eigenvalue weighted by molar-refractivity contribution is 7.92. The van der Waals surface area contributed by atoms with Crippen LogP contribution in [0.2, 0.25) is 5.02 Å². The van der Waals surface area contributed by atoms with Crippen molar-refractivity contribution in [2.24, 2.45) is 0 Å². The first-order valence-electron chi connectivity index (χ1n) is 9.64. The van der Waals surface area contributed by atoms with E-state index in [1.165, 1.54) is 25.3 Å². The second kappa shape index (κ2) is 10.3. The molecule has 0 saturated carbocycles. The summed E-state index contributed by atoms with van der Waals surface area (Å²) >= 11 is 6.12. The van der Waals surface area contributed by atoms with Gasteiger partial charge in [0.05, 0.1) is 17.7 Å². The first-order valence-corrected chi connectivity index (χ1v) is 11.5. The van der Waals surface area contributed by atoms with Crippen molar-refractivity contribution in [3.63, 3.8) is 0 Å². The van der Waals surface area contributed by atoms with Gasteiger partial charge in [-0.25, -0.2) is 8.42 Å². The van der Waals surface area contributed by atoms with Crippen molar-refractivity contribution in [1.82, 2.24) is 5.32 Å². The van der Waals surface area contributed by atoms with Crippen LogP contribution in [0.4, 0.5) is 5.69 Å². The van der Waals surface area contributed by atoms with E-state index >= 15 is 0 Å². The molecule has 8 heteroatoms. The third-order valence-electron chi connectivity index (χ3n) is 4.61. The third-order valence-corrected chi connectivity index (χ3v) is 6.62. The van der Waals surface area contributed by atoms with Gasteiger partial charge in [-0.2, -0.15) is 0 Å². The van der Waals surface area contributed by atoms with Gasteiger partial charge in [-0.05, 0) is 42.3 Å². The van der Waals surface area contributed by atoms with Crippen molar-refractivity contribution in [2.75, 3.05) is 24.5 Å². The molecule has 1 amide bonds. The van der Waals surface area contributed by atoms with Gasteiger partial charge in [0.1, 0.15) is 12.3 Å². The smallest absolute Gasteiger partial charge is 0.264 e. The van der Waals surface area contributed by atoms with Crippen LogP contribution < -0.4 is 14.4 Å². The van der Waals surface area contributed by atoms with Crippen LogP contribution in [0.25, 0.3) is 0 Å². The molecule has 0 aliphatic heterocycles. The normalized spacial score (nSPS) is 11.0. The van der Waals surface area contributed by atoms with E-state index in [0.717, 1.165) is 9.87 Å². The summed E-state index contributed by atoms with van der Waals surface area (Å²) in [6, 6.07) is 22.3. The first-order chi connectivity index (χ1) is 14.9. The minimum absolute atomic E-state index is 0.0640. The van der Waals surface area contributed by atoms with Crippen LogP contribution >= 0.6 is 11.6 Å². The van der Waals surface area contributed by atoms with Crippen molar-refractivity contribution >= 4 is 33.2 Å². The molecule has 31 heavy (non-hydrogen) atoms. The van der Waals surface area contributed by atoms with Crippen LogP contribution in [-0.2, 0) is 21.2 Å². The fourth-order valence-electron chi connectivity index (χ4n) is 3.05. The number of ether oxygens (including phenoxy) is 1. The summed E-state index contributed by atoms with van der Waals surface area (Å²) in [5, 5.41) is 3.12. The Labute approximate surface area is 187 Å². The van der Waals surface area contributed by atoms with Gasteiger partial charge in [-0.3, -0.25) is 9.10 Å². The van der Waals surface area contributed by atoms with Gasteiger partial charge in [-0.15, -0.1) is 0 Å². The molecule has 0 radical (unpaired) electrons. The zero-order valence-electron chi connectivity index (χ0n) is 17.0. The molecular weight excluding hydrogens is 436 g/mol. The molecule has 0 unspecified atom stereocenters. The quantitative estimate of drug-likeness (QED) is 0.527. The maximum atomic E-state index is 13.4. The molecule has 0 aliphatic rings. The molecule has 162 valence electrons. The Morgan fingerprint density at radius 3 is 2.29 bits per heavy atom. The molecule has 1 N–H and O–H groups in total. The number of carbonyl (C=O) groups is 1. The number of methoxy groups -OCH3 is 1. The van der Waals surface area contributed by atoms with Crippen LogP contribution in [0.1, 0.15) is 5.56 Å². The predicted molar refractivity (Wildman–Crippen MR) is 122 cm³/mol. The van der Waals surface area contributed by atoms with Crippen molar-refractivity contribution in [1.29, 1.82) is 0 Å². The number of hydrogen-bond donors (Lipinski definition) is 1. The molecule has 3 aromatic carbocycles. The molecular formula is C23H23ClN2O4S. The Morgan fingerprint density at radius 2 is 1.65 bits per heavy atom. The van der Waals surface area contributed by atoms with E-state index in [0.29, 0.717) is 23.7 Å². The van der Waals surface area contributed by atoms with Crippen LogP contribution in [0.15, 0.2) is 83.8 Å². The van der Waals surface area contributed by atoms with Crippen molar-refractivity contribution < 1.29 is 17.9 Å². The largest absolute Gasteiger partial charge is 0.495 e. The van der Waals surface area contributed by atoms with E-state index in [1.807, 2.05) is 30.3 Å². The molecule has 3 rings (SSSR count). The maximum absolute atomic E-state index is 13.4. The second-order valence-electron chi connectivity index (χ2n) is 6.73. The van der Waals surface area contributed by atoms with E-state index in [-0.39, 0.29) is 10.6 Å². The van der Waals surface area contributed by atoms with Crippen LogP contribution in [0.3, 0.4) is 0 Å². The SMILES string of the molecule is COc1ccc(Cl)cc1N(CC(=O)NCCc1ccccc1)S(=O)(=O)c1ccccc1. The summed E-state index contributed by atoms with van der Waals surface area (Å²) in [6.45, 7) is -0.0303. The number of rotatable bonds is 9. The number of nitrogens with zero attached hydrogens (tertiary/aromatic N) is 1. The zero-order chi connectivity index (χ0) is 22.3. The Morgan fingerprint density at radius 1 is 1.00 bits per heavy atom. The van der Waals surface area contributed by atoms with Gasteiger partial charge in [-0.1, -0.05) is 60.1 Å². The van der Waals surface area contributed by atoms with Gasteiger partial charge < -0.3 is 10.1 Å². The van der Waals surface area contributed by atoms with Crippen molar-refractivity contribution in [2.45, 2.75) is 11.3 Å². The first kappa shape index (κ1) is 22.7. The summed E-state index contributed by atoms with van der Waals surface area (Å²) in [5.41, 5.74) is 1.27. The molecule has 6 nitrogen and oxygen atoms in total. The minimum Gasteiger partial charge on any atom is -0.495 e. The molecule has 0 heterocycles. The molecule has 0 atom stereocenters. The van der Waals surface area contributed by atoms with Crippen molar-refractivity contribution in [3.05, 3.63) is 89.4 Å². The number of sulfonamides is 1. The number of hydrogen-bond acceptors (Lipinski definition) is 4. The summed E-state index contributed by atoms with van der Waals surface area (Å²) in [7, 11) is -2.61. The lowest BCUT2D eigenvalue weighted by molar-refractivity contribution is -0.119. The number of nitrogens with one attached hydrogen (secondary N) is 1. The molecule has 3 aromatic rings. The lowest BCUT2D eigenvalue weighted by atomic mass is 10.1. The highest BCUT2D eigenvalue weighted by atomic mass is 35.5. The van der Waals surface area contributed by atoms with Gasteiger partial charge in [0.25, 0.3) is 10.0 Å². The maximum Gasteiger partial charge on any atom is 0.264 e. The van der Waals surface area contributed by atoms with E-state index in [4.69, 9.17) is 16.3 Å². The molecule has 0 spiro atoms.